The standard InChI is InChI=1S/C17H14FNO/c1-19-11-15(14-7-2-3-8-16(14)19)17(20)10-12-5-4-6-13(18)9-12/h2-9,11H,10H2,1H3. The summed E-state index contributed by atoms with van der Waals surface area (Å²) < 4.78 is 15.1. The van der Waals surface area contributed by atoms with Crippen molar-refractivity contribution in [3.8, 4) is 0 Å². The van der Waals surface area contributed by atoms with Gasteiger partial charge in [-0.3, -0.25) is 4.79 Å². The molecule has 3 rings (SSSR count). The van der Waals surface area contributed by atoms with Gasteiger partial charge in [0.1, 0.15) is 5.82 Å². The zero-order chi connectivity index (χ0) is 14.1. The molecule has 0 fully saturated rings. The second-order valence-corrected chi connectivity index (χ2v) is 4.90. The Morgan fingerprint density at radius 1 is 1.15 bits per heavy atom. The van der Waals surface area contributed by atoms with Crippen LogP contribution in [-0.4, -0.2) is 10.4 Å². The molecule has 2 nitrogen and oxygen atoms in total. The number of fused-ring (bicyclic) bond motifs is 1. The van der Waals surface area contributed by atoms with E-state index in [9.17, 15) is 9.18 Å². The summed E-state index contributed by atoms with van der Waals surface area (Å²) in [5, 5.41) is 0.941. The van der Waals surface area contributed by atoms with Gasteiger partial charge in [-0.25, -0.2) is 4.39 Å². The van der Waals surface area contributed by atoms with Crippen molar-refractivity contribution in [2.75, 3.05) is 0 Å². The van der Waals surface area contributed by atoms with Gasteiger partial charge < -0.3 is 4.57 Å². The molecule has 0 bridgehead atoms. The predicted octanol–water partition coefficient (Wildman–Crippen LogP) is 3.74. The maximum atomic E-state index is 13.2. The van der Waals surface area contributed by atoms with Crippen LogP contribution in [0.2, 0.25) is 0 Å². The van der Waals surface area contributed by atoms with Crippen molar-refractivity contribution in [3.05, 3.63) is 71.7 Å². The molecule has 0 N–H and O–H groups in total. The number of nitrogens with zero attached hydrogens (tertiary/aromatic N) is 1. The molecule has 0 aliphatic rings. The molecule has 0 aliphatic heterocycles. The number of ketones is 1. The van der Waals surface area contributed by atoms with E-state index in [0.717, 1.165) is 10.9 Å². The monoisotopic (exact) mass is 267 g/mol. The minimum Gasteiger partial charge on any atom is -0.350 e. The normalized spacial score (nSPS) is 10.9. The quantitative estimate of drug-likeness (QED) is 0.662. The third kappa shape index (κ3) is 2.23. The number of hydrogen-bond acceptors (Lipinski definition) is 1. The fraction of sp³-hybridized carbons (Fsp3) is 0.118. The van der Waals surface area contributed by atoms with Gasteiger partial charge in [-0.15, -0.1) is 0 Å². The molecule has 2 aromatic carbocycles. The van der Waals surface area contributed by atoms with Crippen LogP contribution in [0.25, 0.3) is 10.9 Å². The Morgan fingerprint density at radius 2 is 1.95 bits per heavy atom. The molecule has 0 saturated heterocycles. The van der Waals surface area contributed by atoms with Gasteiger partial charge in [0.05, 0.1) is 0 Å². The second kappa shape index (κ2) is 4.93. The first kappa shape index (κ1) is 12.6. The molecular formula is C17H14FNO. The Kier molecular flexibility index (Phi) is 3.11. The number of para-hydroxylation sites is 1. The fourth-order valence-corrected chi connectivity index (χ4v) is 2.49. The number of rotatable bonds is 3. The first-order valence-electron chi connectivity index (χ1n) is 6.47. The van der Waals surface area contributed by atoms with E-state index in [-0.39, 0.29) is 18.0 Å². The van der Waals surface area contributed by atoms with E-state index >= 15 is 0 Å². The first-order valence-corrected chi connectivity index (χ1v) is 6.47. The molecule has 1 heterocycles. The molecule has 3 heteroatoms. The zero-order valence-electron chi connectivity index (χ0n) is 11.1. The Balaban J connectivity index is 1.97. The van der Waals surface area contributed by atoms with Crippen LogP contribution in [0.5, 0.6) is 0 Å². The number of benzene rings is 2. The maximum absolute atomic E-state index is 13.2. The molecule has 3 aromatic rings. The summed E-state index contributed by atoms with van der Waals surface area (Å²) >= 11 is 0. The molecule has 20 heavy (non-hydrogen) atoms. The van der Waals surface area contributed by atoms with E-state index in [4.69, 9.17) is 0 Å². The van der Waals surface area contributed by atoms with Gasteiger partial charge in [0.2, 0.25) is 0 Å². The fourth-order valence-electron chi connectivity index (χ4n) is 2.49. The number of aromatic nitrogens is 1. The van der Waals surface area contributed by atoms with Gasteiger partial charge in [0.25, 0.3) is 0 Å². The smallest absolute Gasteiger partial charge is 0.169 e. The highest BCUT2D eigenvalue weighted by Crippen LogP contribution is 2.22. The Hall–Kier alpha value is -2.42. The van der Waals surface area contributed by atoms with E-state index in [1.54, 1.807) is 12.1 Å². The SMILES string of the molecule is Cn1cc(C(=O)Cc2cccc(F)c2)c2ccccc21. The Labute approximate surface area is 116 Å². The van der Waals surface area contributed by atoms with Crippen LogP contribution in [0.4, 0.5) is 4.39 Å². The lowest BCUT2D eigenvalue weighted by atomic mass is 10.0. The second-order valence-electron chi connectivity index (χ2n) is 4.90. The van der Waals surface area contributed by atoms with Gasteiger partial charge in [-0.05, 0) is 23.8 Å². The molecule has 0 aliphatic carbocycles. The average molecular weight is 267 g/mol. The molecule has 0 radical (unpaired) electrons. The third-order valence-electron chi connectivity index (χ3n) is 3.45. The molecule has 100 valence electrons. The summed E-state index contributed by atoms with van der Waals surface area (Å²) in [6.45, 7) is 0. The summed E-state index contributed by atoms with van der Waals surface area (Å²) in [6.07, 6.45) is 2.05. The van der Waals surface area contributed by atoms with Gasteiger partial charge in [0.15, 0.2) is 5.78 Å². The molecule has 0 atom stereocenters. The summed E-state index contributed by atoms with van der Waals surface area (Å²) in [4.78, 5) is 12.4. The molecule has 0 unspecified atom stereocenters. The summed E-state index contributed by atoms with van der Waals surface area (Å²) in [6, 6.07) is 14.0. The zero-order valence-corrected chi connectivity index (χ0v) is 11.1. The molecule has 0 amide bonds. The molecule has 0 spiro atoms. The largest absolute Gasteiger partial charge is 0.350 e. The highest BCUT2D eigenvalue weighted by molar-refractivity contribution is 6.08. The van der Waals surface area contributed by atoms with E-state index in [2.05, 4.69) is 0 Å². The number of carbonyl (C=O) groups is 1. The van der Waals surface area contributed by atoms with Crippen LogP contribution in [-0.2, 0) is 13.5 Å². The van der Waals surface area contributed by atoms with Crippen molar-refractivity contribution in [2.45, 2.75) is 6.42 Å². The highest BCUT2D eigenvalue weighted by Gasteiger charge is 2.14. The lowest BCUT2D eigenvalue weighted by molar-refractivity contribution is 0.0994. The summed E-state index contributed by atoms with van der Waals surface area (Å²) in [7, 11) is 1.92. The predicted molar refractivity (Wildman–Crippen MR) is 77.4 cm³/mol. The highest BCUT2D eigenvalue weighted by atomic mass is 19.1. The topological polar surface area (TPSA) is 22.0 Å². The van der Waals surface area contributed by atoms with Crippen LogP contribution in [0.15, 0.2) is 54.7 Å². The van der Waals surface area contributed by atoms with Gasteiger partial charge in [-0.1, -0.05) is 30.3 Å². The number of Topliss-reactive ketones (excluding diaryl/α,β-unsaturated/α-hetero) is 1. The van der Waals surface area contributed by atoms with Crippen LogP contribution in [0, 0.1) is 5.82 Å². The van der Waals surface area contributed by atoms with Crippen molar-refractivity contribution in [1.82, 2.24) is 4.57 Å². The molecular weight excluding hydrogens is 253 g/mol. The lowest BCUT2D eigenvalue weighted by Gasteiger charge is -2.00. The number of carbonyl (C=O) groups excluding carboxylic acids is 1. The van der Waals surface area contributed by atoms with Crippen LogP contribution in [0.3, 0.4) is 0 Å². The van der Waals surface area contributed by atoms with E-state index < -0.39 is 0 Å². The van der Waals surface area contributed by atoms with E-state index in [1.807, 2.05) is 42.1 Å². The van der Waals surface area contributed by atoms with Gasteiger partial charge >= 0.3 is 0 Å². The Bertz CT molecular complexity index is 789. The van der Waals surface area contributed by atoms with E-state index in [0.29, 0.717) is 11.1 Å². The Morgan fingerprint density at radius 3 is 2.75 bits per heavy atom. The number of hydrogen-bond donors (Lipinski definition) is 0. The van der Waals surface area contributed by atoms with Crippen LogP contribution in [0.1, 0.15) is 15.9 Å². The van der Waals surface area contributed by atoms with E-state index in [1.165, 1.54) is 12.1 Å². The van der Waals surface area contributed by atoms with Crippen molar-refractivity contribution >= 4 is 16.7 Å². The average Bonchev–Trinajstić information content (AvgIpc) is 2.77. The maximum Gasteiger partial charge on any atom is 0.169 e. The van der Waals surface area contributed by atoms with Crippen molar-refractivity contribution in [1.29, 1.82) is 0 Å². The summed E-state index contributed by atoms with van der Waals surface area (Å²) in [5.41, 5.74) is 2.41. The third-order valence-corrected chi connectivity index (χ3v) is 3.45. The van der Waals surface area contributed by atoms with Crippen molar-refractivity contribution < 1.29 is 9.18 Å². The van der Waals surface area contributed by atoms with Gasteiger partial charge in [0, 0.05) is 36.1 Å². The number of aryl methyl sites for hydroxylation is 1. The minimum atomic E-state index is -0.312. The summed E-state index contributed by atoms with van der Waals surface area (Å²) in [5.74, 6) is -0.305. The number of halogens is 1. The van der Waals surface area contributed by atoms with Crippen molar-refractivity contribution in [2.24, 2.45) is 7.05 Å². The lowest BCUT2D eigenvalue weighted by Crippen LogP contribution is -2.03. The van der Waals surface area contributed by atoms with Crippen molar-refractivity contribution in [3.63, 3.8) is 0 Å². The minimum absolute atomic E-state index is 0.00685. The first-order chi connectivity index (χ1) is 9.65. The van der Waals surface area contributed by atoms with Crippen LogP contribution < -0.4 is 0 Å². The molecule has 1 aromatic heterocycles. The van der Waals surface area contributed by atoms with Gasteiger partial charge in [-0.2, -0.15) is 0 Å². The molecule has 0 saturated carbocycles. The van der Waals surface area contributed by atoms with Crippen LogP contribution >= 0.6 is 0 Å².